The second kappa shape index (κ2) is 4.14. The van der Waals surface area contributed by atoms with Crippen molar-refractivity contribution < 1.29 is 0 Å². The quantitative estimate of drug-likeness (QED) is 0.662. The molecule has 1 rings (SSSR count). The van der Waals surface area contributed by atoms with Gasteiger partial charge in [-0.2, -0.15) is 5.26 Å². The summed E-state index contributed by atoms with van der Waals surface area (Å²) in [5, 5.41) is 8.87. The van der Waals surface area contributed by atoms with Crippen LogP contribution in [0.25, 0.3) is 0 Å². The van der Waals surface area contributed by atoms with Gasteiger partial charge < -0.3 is 0 Å². The third-order valence-electron chi connectivity index (χ3n) is 3.86. The molecule has 1 heterocycles. The molecule has 2 nitrogen and oxygen atoms in total. The lowest BCUT2D eigenvalue weighted by Gasteiger charge is -2.48. The number of hydrogen-bond acceptors (Lipinski definition) is 2. The number of nitrogens with zero attached hydrogens (tertiary/aromatic N) is 2. The second-order valence-electron chi connectivity index (χ2n) is 6.41. The van der Waals surface area contributed by atoms with Crippen molar-refractivity contribution in [2.75, 3.05) is 13.1 Å². The lowest BCUT2D eigenvalue weighted by Crippen LogP contribution is -2.52. The topological polar surface area (TPSA) is 27.0 Å². The van der Waals surface area contributed by atoms with E-state index in [0.29, 0.717) is 17.8 Å². The highest BCUT2D eigenvalue weighted by molar-refractivity contribution is 4.94. The second-order valence-corrected chi connectivity index (χ2v) is 6.41. The predicted molar refractivity (Wildman–Crippen MR) is 63.4 cm³/mol. The molecule has 0 saturated carbocycles. The van der Waals surface area contributed by atoms with Crippen molar-refractivity contribution in [2.24, 2.45) is 11.3 Å². The van der Waals surface area contributed by atoms with E-state index in [4.69, 9.17) is 5.26 Å². The minimum absolute atomic E-state index is 0.240. The molecular weight excluding hydrogens is 184 g/mol. The highest BCUT2D eigenvalue weighted by atomic mass is 15.2. The van der Waals surface area contributed by atoms with Gasteiger partial charge in [0.2, 0.25) is 0 Å². The first kappa shape index (κ1) is 12.5. The molecule has 0 spiro atoms. The molecule has 0 radical (unpaired) electrons. The first-order valence-corrected chi connectivity index (χ1v) is 5.89. The molecule has 2 heteroatoms. The Morgan fingerprint density at radius 3 is 2.47 bits per heavy atom. The molecule has 1 fully saturated rings. The van der Waals surface area contributed by atoms with Crippen molar-refractivity contribution >= 4 is 0 Å². The van der Waals surface area contributed by atoms with Gasteiger partial charge in [0.15, 0.2) is 0 Å². The minimum Gasteiger partial charge on any atom is -0.298 e. The molecule has 0 amide bonds. The standard InChI is InChI=1S/C13H24N2/c1-12(2,3)15-9-7-13(4,5)11(10-15)6-8-14/h11H,6-7,9-10H2,1-5H3. The van der Waals surface area contributed by atoms with Crippen molar-refractivity contribution in [2.45, 2.75) is 53.0 Å². The maximum absolute atomic E-state index is 8.87. The first-order chi connectivity index (χ1) is 6.77. The van der Waals surface area contributed by atoms with E-state index in [0.717, 1.165) is 6.54 Å². The average molecular weight is 208 g/mol. The van der Waals surface area contributed by atoms with E-state index in [-0.39, 0.29) is 5.54 Å². The zero-order valence-electron chi connectivity index (χ0n) is 10.8. The molecule has 1 atom stereocenters. The van der Waals surface area contributed by atoms with Crippen molar-refractivity contribution in [1.82, 2.24) is 4.90 Å². The summed E-state index contributed by atoms with van der Waals surface area (Å²) < 4.78 is 0. The van der Waals surface area contributed by atoms with Gasteiger partial charge in [0.05, 0.1) is 6.07 Å². The zero-order valence-corrected chi connectivity index (χ0v) is 10.8. The van der Waals surface area contributed by atoms with Gasteiger partial charge in [-0.25, -0.2) is 0 Å². The summed E-state index contributed by atoms with van der Waals surface area (Å²) in [6.45, 7) is 13.6. The van der Waals surface area contributed by atoms with Crippen LogP contribution in [0.5, 0.6) is 0 Å². The largest absolute Gasteiger partial charge is 0.298 e. The van der Waals surface area contributed by atoms with Gasteiger partial charge in [0.1, 0.15) is 0 Å². The zero-order chi connectivity index (χ0) is 11.7. The average Bonchev–Trinajstić information content (AvgIpc) is 2.06. The van der Waals surface area contributed by atoms with Crippen LogP contribution < -0.4 is 0 Å². The smallest absolute Gasteiger partial charge is 0.0625 e. The van der Waals surface area contributed by atoms with Crippen LogP contribution in [0.2, 0.25) is 0 Å². The highest BCUT2D eigenvalue weighted by Gasteiger charge is 2.38. The van der Waals surface area contributed by atoms with Crippen LogP contribution in [-0.4, -0.2) is 23.5 Å². The molecule has 0 bridgehead atoms. The Bertz CT molecular complexity index is 255. The maximum atomic E-state index is 8.87. The van der Waals surface area contributed by atoms with E-state index in [1.165, 1.54) is 13.0 Å². The Hall–Kier alpha value is -0.550. The van der Waals surface area contributed by atoms with Gasteiger partial charge in [-0.15, -0.1) is 0 Å². The molecular formula is C13H24N2. The van der Waals surface area contributed by atoms with Gasteiger partial charge in [-0.1, -0.05) is 13.8 Å². The van der Waals surface area contributed by atoms with Crippen LogP contribution in [0.15, 0.2) is 0 Å². The molecule has 0 N–H and O–H groups in total. The number of hydrogen-bond donors (Lipinski definition) is 0. The Morgan fingerprint density at radius 2 is 2.00 bits per heavy atom. The van der Waals surface area contributed by atoms with Gasteiger partial charge in [0, 0.05) is 18.5 Å². The van der Waals surface area contributed by atoms with Crippen LogP contribution in [0.1, 0.15) is 47.5 Å². The van der Waals surface area contributed by atoms with Crippen molar-refractivity contribution in [3.63, 3.8) is 0 Å². The van der Waals surface area contributed by atoms with E-state index in [1.54, 1.807) is 0 Å². The van der Waals surface area contributed by atoms with E-state index in [2.05, 4.69) is 45.6 Å². The lowest BCUT2D eigenvalue weighted by atomic mass is 9.71. The molecule has 15 heavy (non-hydrogen) atoms. The monoisotopic (exact) mass is 208 g/mol. The molecule has 0 aliphatic carbocycles. The van der Waals surface area contributed by atoms with Gasteiger partial charge in [0.25, 0.3) is 0 Å². The Labute approximate surface area is 94.3 Å². The van der Waals surface area contributed by atoms with E-state index < -0.39 is 0 Å². The molecule has 0 aromatic carbocycles. The lowest BCUT2D eigenvalue weighted by molar-refractivity contribution is 0.0107. The van der Waals surface area contributed by atoms with Gasteiger partial charge in [-0.3, -0.25) is 4.90 Å². The molecule has 1 unspecified atom stereocenters. The molecule has 0 aromatic heterocycles. The number of nitriles is 1. The fourth-order valence-electron chi connectivity index (χ4n) is 2.29. The predicted octanol–water partition coefficient (Wildman–Crippen LogP) is 3.05. The SMILES string of the molecule is CC1(C)CCN(C(C)(C)C)CC1CC#N. The Morgan fingerprint density at radius 1 is 1.40 bits per heavy atom. The van der Waals surface area contributed by atoms with Gasteiger partial charge in [-0.05, 0) is 45.1 Å². The van der Waals surface area contributed by atoms with Crippen molar-refractivity contribution in [1.29, 1.82) is 5.26 Å². The molecule has 1 aliphatic rings. The fraction of sp³-hybridized carbons (Fsp3) is 0.923. The Kier molecular flexibility index (Phi) is 3.45. The summed E-state index contributed by atoms with van der Waals surface area (Å²) in [6.07, 6.45) is 1.90. The molecule has 1 saturated heterocycles. The van der Waals surface area contributed by atoms with Crippen molar-refractivity contribution in [3.05, 3.63) is 0 Å². The van der Waals surface area contributed by atoms with Crippen LogP contribution in [-0.2, 0) is 0 Å². The molecule has 0 aromatic rings. The summed E-state index contributed by atoms with van der Waals surface area (Å²) in [7, 11) is 0. The van der Waals surface area contributed by atoms with Crippen LogP contribution >= 0.6 is 0 Å². The maximum Gasteiger partial charge on any atom is 0.0625 e. The summed E-state index contributed by atoms with van der Waals surface area (Å²) in [5.74, 6) is 0.524. The third-order valence-corrected chi connectivity index (χ3v) is 3.86. The third kappa shape index (κ3) is 2.95. The minimum atomic E-state index is 0.240. The summed E-state index contributed by atoms with van der Waals surface area (Å²) in [5.41, 5.74) is 0.571. The number of likely N-dealkylation sites (tertiary alicyclic amines) is 1. The van der Waals surface area contributed by atoms with Crippen LogP contribution in [0.4, 0.5) is 0 Å². The highest BCUT2D eigenvalue weighted by Crippen LogP contribution is 2.39. The first-order valence-electron chi connectivity index (χ1n) is 5.89. The van der Waals surface area contributed by atoms with Crippen molar-refractivity contribution in [3.8, 4) is 6.07 Å². The van der Waals surface area contributed by atoms with E-state index >= 15 is 0 Å². The fourth-order valence-corrected chi connectivity index (χ4v) is 2.29. The van der Waals surface area contributed by atoms with E-state index in [9.17, 15) is 0 Å². The molecule has 1 aliphatic heterocycles. The number of rotatable bonds is 1. The van der Waals surface area contributed by atoms with Crippen LogP contribution in [0.3, 0.4) is 0 Å². The summed E-state index contributed by atoms with van der Waals surface area (Å²) in [4.78, 5) is 2.51. The Balaban J connectivity index is 2.72. The van der Waals surface area contributed by atoms with Gasteiger partial charge >= 0.3 is 0 Å². The normalized spacial score (nSPS) is 27.3. The number of piperidine rings is 1. The molecule has 86 valence electrons. The van der Waals surface area contributed by atoms with E-state index in [1.807, 2.05) is 0 Å². The van der Waals surface area contributed by atoms with Crippen LogP contribution in [0, 0.1) is 22.7 Å². The summed E-state index contributed by atoms with van der Waals surface area (Å²) in [6, 6.07) is 2.34. The summed E-state index contributed by atoms with van der Waals surface area (Å²) >= 11 is 0.